The van der Waals surface area contributed by atoms with E-state index in [9.17, 15) is 5.11 Å². The highest BCUT2D eigenvalue weighted by molar-refractivity contribution is 9.10. The Balaban J connectivity index is 2.03. The Bertz CT molecular complexity index is 804. The van der Waals surface area contributed by atoms with Crippen LogP contribution >= 0.6 is 15.9 Å². The van der Waals surface area contributed by atoms with E-state index < -0.39 is 0 Å². The van der Waals surface area contributed by atoms with E-state index in [1.54, 1.807) is 29.1 Å². The van der Waals surface area contributed by atoms with Crippen molar-refractivity contribution in [3.8, 4) is 17.2 Å². The number of rotatable bonds is 4. The Hall–Kier alpha value is -2.09. The molecule has 0 saturated heterocycles. The van der Waals surface area contributed by atoms with Gasteiger partial charge in [-0.1, -0.05) is 12.1 Å². The minimum Gasteiger partial charge on any atom is -0.390 e. The number of hydrogen-bond acceptors (Lipinski definition) is 5. The van der Waals surface area contributed by atoms with Crippen molar-refractivity contribution in [3.63, 3.8) is 0 Å². The van der Waals surface area contributed by atoms with Crippen molar-refractivity contribution >= 4 is 15.9 Å². The third-order valence-electron chi connectivity index (χ3n) is 3.07. The van der Waals surface area contributed by atoms with E-state index in [0.717, 1.165) is 4.47 Å². The van der Waals surface area contributed by atoms with Crippen LogP contribution in [0.4, 0.5) is 0 Å². The first-order valence-corrected chi connectivity index (χ1v) is 7.40. The first-order chi connectivity index (χ1) is 10.7. The number of aliphatic hydroxyl groups is 2. The fourth-order valence-corrected chi connectivity index (χ4v) is 2.50. The molecule has 7 heteroatoms. The van der Waals surface area contributed by atoms with Crippen LogP contribution in [0, 0.1) is 0 Å². The van der Waals surface area contributed by atoms with Crippen LogP contribution in [0.15, 0.2) is 47.1 Å². The van der Waals surface area contributed by atoms with Crippen molar-refractivity contribution in [1.82, 2.24) is 19.7 Å². The normalized spacial score (nSPS) is 10.9. The molecule has 6 nitrogen and oxygen atoms in total. The molecular formula is C15H13BrN4O2. The molecule has 0 aromatic carbocycles. The van der Waals surface area contributed by atoms with E-state index in [0.29, 0.717) is 28.6 Å². The molecule has 0 unspecified atom stereocenters. The quantitative estimate of drug-likeness (QED) is 0.743. The highest BCUT2D eigenvalue weighted by Crippen LogP contribution is 2.26. The fourth-order valence-electron chi connectivity index (χ4n) is 2.03. The summed E-state index contributed by atoms with van der Waals surface area (Å²) in [6, 6.07) is 10.8. The summed E-state index contributed by atoms with van der Waals surface area (Å²) in [5.41, 5.74) is 2.48. The van der Waals surface area contributed by atoms with Crippen molar-refractivity contribution in [1.29, 1.82) is 0 Å². The van der Waals surface area contributed by atoms with Gasteiger partial charge in [-0.05, 0) is 40.2 Å². The van der Waals surface area contributed by atoms with Crippen LogP contribution in [0.2, 0.25) is 0 Å². The predicted octanol–water partition coefficient (Wildman–Crippen LogP) is 2.08. The van der Waals surface area contributed by atoms with Gasteiger partial charge >= 0.3 is 0 Å². The Kier molecular flexibility index (Phi) is 4.28. The number of nitrogens with zero attached hydrogens (tertiary/aromatic N) is 4. The van der Waals surface area contributed by atoms with Gasteiger partial charge in [-0.15, -0.1) is 0 Å². The molecule has 0 fully saturated rings. The molecule has 0 aliphatic rings. The van der Waals surface area contributed by atoms with E-state index in [-0.39, 0.29) is 13.2 Å². The largest absolute Gasteiger partial charge is 0.390 e. The molecule has 0 saturated carbocycles. The molecule has 0 radical (unpaired) electrons. The number of halogens is 1. The fraction of sp³-hybridized carbons (Fsp3) is 0.133. The molecule has 3 heterocycles. The molecule has 2 N–H and O–H groups in total. The van der Waals surface area contributed by atoms with Crippen LogP contribution in [-0.4, -0.2) is 30.0 Å². The molecule has 0 amide bonds. The Morgan fingerprint density at radius 1 is 0.955 bits per heavy atom. The standard InChI is InChI=1S/C15H13BrN4O2/c16-12-7-20(14-6-2-4-11(9-22)18-14)19-15(12)13-5-1-3-10(8-21)17-13/h1-7,21-22H,8-9H2. The topological polar surface area (TPSA) is 84.1 Å². The first-order valence-electron chi connectivity index (χ1n) is 6.61. The molecule has 0 aliphatic heterocycles. The number of pyridine rings is 2. The van der Waals surface area contributed by atoms with Crippen molar-refractivity contribution in [2.45, 2.75) is 13.2 Å². The summed E-state index contributed by atoms with van der Waals surface area (Å²) in [5.74, 6) is 0.608. The van der Waals surface area contributed by atoms with Crippen molar-refractivity contribution in [3.05, 3.63) is 58.5 Å². The van der Waals surface area contributed by atoms with Crippen LogP contribution in [0.25, 0.3) is 17.2 Å². The Morgan fingerprint density at radius 2 is 1.64 bits per heavy atom. The van der Waals surface area contributed by atoms with Gasteiger partial charge in [-0.3, -0.25) is 0 Å². The zero-order valence-corrected chi connectivity index (χ0v) is 13.1. The number of aliphatic hydroxyl groups excluding tert-OH is 2. The third-order valence-corrected chi connectivity index (χ3v) is 3.65. The second kappa shape index (κ2) is 6.35. The lowest BCUT2D eigenvalue weighted by atomic mass is 10.2. The zero-order valence-electron chi connectivity index (χ0n) is 11.5. The maximum atomic E-state index is 9.19. The highest BCUT2D eigenvalue weighted by atomic mass is 79.9. The van der Waals surface area contributed by atoms with Gasteiger partial charge in [0.1, 0.15) is 5.69 Å². The summed E-state index contributed by atoms with van der Waals surface area (Å²) in [5, 5.41) is 22.8. The summed E-state index contributed by atoms with van der Waals surface area (Å²) in [4.78, 5) is 8.66. The van der Waals surface area contributed by atoms with Gasteiger partial charge in [0.05, 0.1) is 34.8 Å². The highest BCUT2D eigenvalue weighted by Gasteiger charge is 2.12. The zero-order chi connectivity index (χ0) is 15.5. The molecule has 0 bridgehead atoms. The summed E-state index contributed by atoms with van der Waals surface area (Å²) in [6.45, 7) is -0.241. The first kappa shape index (κ1) is 14.8. The smallest absolute Gasteiger partial charge is 0.153 e. The van der Waals surface area contributed by atoms with Crippen LogP contribution in [0.3, 0.4) is 0 Å². The molecular weight excluding hydrogens is 348 g/mol. The van der Waals surface area contributed by atoms with Crippen LogP contribution in [-0.2, 0) is 13.2 Å². The van der Waals surface area contributed by atoms with Crippen LogP contribution in [0.5, 0.6) is 0 Å². The molecule has 3 aromatic rings. The van der Waals surface area contributed by atoms with Gasteiger partial charge in [0, 0.05) is 6.20 Å². The molecule has 112 valence electrons. The van der Waals surface area contributed by atoms with Gasteiger partial charge < -0.3 is 10.2 Å². The lowest BCUT2D eigenvalue weighted by molar-refractivity contribution is 0.276. The molecule has 0 spiro atoms. The number of hydrogen-bond donors (Lipinski definition) is 2. The number of aromatic nitrogens is 4. The third kappa shape index (κ3) is 2.92. The van der Waals surface area contributed by atoms with E-state index in [2.05, 4.69) is 31.0 Å². The monoisotopic (exact) mass is 360 g/mol. The lowest BCUT2D eigenvalue weighted by Crippen LogP contribution is -2.01. The second-order valence-electron chi connectivity index (χ2n) is 4.59. The molecule has 3 aromatic heterocycles. The Labute approximate surface area is 135 Å². The summed E-state index contributed by atoms with van der Waals surface area (Å²) in [7, 11) is 0. The van der Waals surface area contributed by atoms with Gasteiger partial charge in [-0.2, -0.15) is 5.10 Å². The maximum Gasteiger partial charge on any atom is 0.153 e. The van der Waals surface area contributed by atoms with E-state index in [1.807, 2.05) is 18.2 Å². The second-order valence-corrected chi connectivity index (χ2v) is 5.44. The maximum absolute atomic E-state index is 9.19. The summed E-state index contributed by atoms with van der Waals surface area (Å²) in [6.07, 6.45) is 1.78. The molecule has 3 rings (SSSR count). The molecule has 0 atom stereocenters. The summed E-state index contributed by atoms with van der Waals surface area (Å²) < 4.78 is 2.39. The van der Waals surface area contributed by atoms with Gasteiger partial charge in [0.15, 0.2) is 5.82 Å². The molecule has 0 aliphatic carbocycles. The van der Waals surface area contributed by atoms with Gasteiger partial charge in [0.2, 0.25) is 0 Å². The van der Waals surface area contributed by atoms with E-state index in [4.69, 9.17) is 5.11 Å². The van der Waals surface area contributed by atoms with Crippen LogP contribution in [0.1, 0.15) is 11.4 Å². The van der Waals surface area contributed by atoms with Gasteiger partial charge in [-0.25, -0.2) is 14.6 Å². The Morgan fingerprint density at radius 3 is 2.36 bits per heavy atom. The van der Waals surface area contributed by atoms with Crippen molar-refractivity contribution < 1.29 is 10.2 Å². The average Bonchev–Trinajstić information content (AvgIpc) is 2.97. The average molecular weight is 361 g/mol. The van der Waals surface area contributed by atoms with Crippen molar-refractivity contribution in [2.75, 3.05) is 0 Å². The predicted molar refractivity (Wildman–Crippen MR) is 84.1 cm³/mol. The SMILES string of the molecule is OCc1cccc(-c2nn(-c3cccc(CO)n3)cc2Br)n1. The van der Waals surface area contributed by atoms with E-state index in [1.165, 1.54) is 0 Å². The summed E-state index contributed by atoms with van der Waals surface area (Å²) >= 11 is 3.47. The minimum atomic E-state index is -0.122. The van der Waals surface area contributed by atoms with Crippen molar-refractivity contribution in [2.24, 2.45) is 0 Å². The lowest BCUT2D eigenvalue weighted by Gasteiger charge is -2.02. The molecule has 22 heavy (non-hydrogen) atoms. The van der Waals surface area contributed by atoms with E-state index >= 15 is 0 Å². The van der Waals surface area contributed by atoms with Crippen LogP contribution < -0.4 is 0 Å². The minimum absolute atomic E-state index is 0.119. The van der Waals surface area contributed by atoms with Gasteiger partial charge in [0.25, 0.3) is 0 Å².